The Bertz CT molecular complexity index is 3490. The molecule has 0 saturated heterocycles. The lowest BCUT2D eigenvalue weighted by Gasteiger charge is -2.28. The lowest BCUT2D eigenvalue weighted by atomic mass is 9.74. The minimum atomic E-state index is -0.323. The fourth-order valence-corrected chi connectivity index (χ4v) is 11.0. The SMILES string of the molecule is CC1(c2ccccc2)c2ccccc2-c2ccc(-c3cc(-c4cc(-c5cccc6ccccc56)cc(-c5cccc6c5sc5ccccc56)c4)nc(-c4ccccc4)n3)cc21. The lowest BCUT2D eigenvalue weighted by molar-refractivity contribution is 0.714. The van der Waals surface area contributed by atoms with Gasteiger partial charge in [-0.25, -0.2) is 9.97 Å². The van der Waals surface area contributed by atoms with Crippen molar-refractivity contribution in [1.82, 2.24) is 9.97 Å². The van der Waals surface area contributed by atoms with Gasteiger partial charge in [0.05, 0.1) is 11.4 Å². The molecule has 11 aromatic rings. The molecule has 0 saturated carbocycles. The van der Waals surface area contributed by atoms with E-state index in [1.807, 2.05) is 17.4 Å². The summed E-state index contributed by atoms with van der Waals surface area (Å²) in [5.74, 6) is 0.700. The normalized spacial score (nSPS) is 14.4. The highest BCUT2D eigenvalue weighted by Gasteiger charge is 2.40. The molecule has 0 amide bonds. The van der Waals surface area contributed by atoms with Gasteiger partial charge in [0.2, 0.25) is 0 Å². The van der Waals surface area contributed by atoms with Gasteiger partial charge in [-0.3, -0.25) is 0 Å². The zero-order chi connectivity index (χ0) is 40.5. The van der Waals surface area contributed by atoms with Crippen molar-refractivity contribution in [3.05, 3.63) is 229 Å². The van der Waals surface area contributed by atoms with Crippen LogP contribution in [-0.2, 0) is 5.41 Å². The Hall–Kier alpha value is -7.46. The molecule has 12 rings (SSSR count). The van der Waals surface area contributed by atoms with Gasteiger partial charge < -0.3 is 0 Å². The maximum Gasteiger partial charge on any atom is 0.160 e. The summed E-state index contributed by atoms with van der Waals surface area (Å²) in [6.45, 7) is 2.37. The van der Waals surface area contributed by atoms with E-state index in [4.69, 9.17) is 9.97 Å². The summed E-state index contributed by atoms with van der Waals surface area (Å²) in [4.78, 5) is 10.8. The van der Waals surface area contributed by atoms with Crippen molar-refractivity contribution in [2.45, 2.75) is 12.3 Å². The monoisotopic (exact) mass is 794 g/mol. The molecule has 2 heterocycles. The van der Waals surface area contributed by atoms with Crippen molar-refractivity contribution in [2.24, 2.45) is 0 Å². The molecule has 1 aliphatic carbocycles. The fourth-order valence-electron chi connectivity index (χ4n) is 9.73. The van der Waals surface area contributed by atoms with Crippen LogP contribution in [0.2, 0.25) is 0 Å². The number of fused-ring (bicyclic) bond motifs is 7. The third-order valence-electron chi connectivity index (χ3n) is 12.8. The molecule has 1 atom stereocenters. The van der Waals surface area contributed by atoms with E-state index in [0.29, 0.717) is 5.82 Å². The first-order valence-corrected chi connectivity index (χ1v) is 21.7. The molecule has 3 heteroatoms. The largest absolute Gasteiger partial charge is 0.228 e. The molecule has 0 bridgehead atoms. The predicted molar refractivity (Wildman–Crippen MR) is 257 cm³/mol. The molecule has 1 unspecified atom stereocenters. The second-order valence-electron chi connectivity index (χ2n) is 16.2. The quantitative estimate of drug-likeness (QED) is 0.168. The summed E-state index contributed by atoms with van der Waals surface area (Å²) >= 11 is 1.87. The van der Waals surface area contributed by atoms with Crippen molar-refractivity contribution >= 4 is 42.3 Å². The number of thiophene rings is 1. The molecular formula is C58H38N2S. The zero-order valence-corrected chi connectivity index (χ0v) is 34.3. The lowest BCUT2D eigenvalue weighted by Crippen LogP contribution is -2.22. The summed E-state index contributed by atoms with van der Waals surface area (Å²) < 4.78 is 2.59. The highest BCUT2D eigenvalue weighted by Crippen LogP contribution is 2.53. The molecular weight excluding hydrogens is 757 g/mol. The molecule has 2 nitrogen and oxygen atoms in total. The van der Waals surface area contributed by atoms with E-state index in [1.54, 1.807) is 0 Å². The second-order valence-corrected chi connectivity index (χ2v) is 17.3. The molecule has 0 N–H and O–H groups in total. The Morgan fingerprint density at radius 2 is 0.967 bits per heavy atom. The summed E-state index contributed by atoms with van der Waals surface area (Å²) in [5.41, 5.74) is 15.7. The van der Waals surface area contributed by atoms with Gasteiger partial charge in [-0.2, -0.15) is 0 Å². The summed E-state index contributed by atoms with van der Waals surface area (Å²) in [7, 11) is 0. The third kappa shape index (κ3) is 5.77. The van der Waals surface area contributed by atoms with Crippen molar-refractivity contribution in [3.8, 4) is 67.3 Å². The highest BCUT2D eigenvalue weighted by atomic mass is 32.1. The smallest absolute Gasteiger partial charge is 0.160 e. The molecule has 286 valence electrons. The van der Waals surface area contributed by atoms with Crippen LogP contribution < -0.4 is 0 Å². The Labute approximate surface area is 359 Å². The number of nitrogens with zero attached hydrogens (tertiary/aromatic N) is 2. The van der Waals surface area contributed by atoms with Gasteiger partial charge in [0.25, 0.3) is 0 Å². The Kier molecular flexibility index (Phi) is 8.19. The Morgan fingerprint density at radius 3 is 1.82 bits per heavy atom. The number of benzene rings is 9. The van der Waals surface area contributed by atoms with Crippen LogP contribution >= 0.6 is 11.3 Å². The van der Waals surface area contributed by atoms with Crippen LogP contribution in [0.5, 0.6) is 0 Å². The molecule has 0 aliphatic heterocycles. The number of aromatic nitrogens is 2. The Morgan fingerprint density at radius 1 is 0.377 bits per heavy atom. The minimum absolute atomic E-state index is 0.323. The number of hydrogen-bond donors (Lipinski definition) is 0. The topological polar surface area (TPSA) is 25.8 Å². The first kappa shape index (κ1) is 35.5. The van der Waals surface area contributed by atoms with E-state index < -0.39 is 0 Å². The maximum absolute atomic E-state index is 5.40. The molecule has 0 spiro atoms. The van der Waals surface area contributed by atoms with Gasteiger partial charge in [0.15, 0.2) is 5.82 Å². The molecule has 9 aromatic carbocycles. The standard InChI is InChI=1S/C58H38N2S/c1-58(43-20-6-3-7-21-43)51-28-12-10-23-47(51)48-31-30-39(35-52(48)58)53-36-54(60-57(59-53)38-17-4-2-5-18-38)42-33-40(45-25-14-19-37-16-8-9-22-44(37)45)32-41(34-42)46-26-15-27-50-49-24-11-13-29-55(49)61-56(46)50/h2-36H,1H3. The van der Waals surface area contributed by atoms with Gasteiger partial charge in [0, 0.05) is 42.3 Å². The third-order valence-corrected chi connectivity index (χ3v) is 14.0. The van der Waals surface area contributed by atoms with E-state index >= 15 is 0 Å². The number of rotatable bonds is 6. The van der Waals surface area contributed by atoms with Crippen molar-refractivity contribution in [1.29, 1.82) is 0 Å². The van der Waals surface area contributed by atoms with Crippen LogP contribution in [0.1, 0.15) is 23.6 Å². The van der Waals surface area contributed by atoms with Crippen molar-refractivity contribution in [3.63, 3.8) is 0 Å². The van der Waals surface area contributed by atoms with Crippen LogP contribution in [0, 0.1) is 0 Å². The second kappa shape index (κ2) is 14.1. The van der Waals surface area contributed by atoms with E-state index in [2.05, 4.69) is 213 Å². The van der Waals surface area contributed by atoms with Gasteiger partial charge in [0.1, 0.15) is 0 Å². The maximum atomic E-state index is 5.40. The van der Waals surface area contributed by atoms with Gasteiger partial charge in [-0.05, 0) is 104 Å². The molecule has 1 aliphatic rings. The summed E-state index contributed by atoms with van der Waals surface area (Å²) in [6.07, 6.45) is 0. The average Bonchev–Trinajstić information content (AvgIpc) is 3.84. The van der Waals surface area contributed by atoms with Gasteiger partial charge >= 0.3 is 0 Å². The minimum Gasteiger partial charge on any atom is -0.228 e. The van der Waals surface area contributed by atoms with Gasteiger partial charge in [-0.1, -0.05) is 176 Å². The predicted octanol–water partition coefficient (Wildman–Crippen LogP) is 15.7. The van der Waals surface area contributed by atoms with Crippen LogP contribution in [0.25, 0.3) is 98.2 Å². The van der Waals surface area contributed by atoms with E-state index in [1.165, 1.54) is 69.9 Å². The average molecular weight is 795 g/mol. The summed E-state index contributed by atoms with van der Waals surface area (Å²) in [6, 6.07) is 77.1. The van der Waals surface area contributed by atoms with Crippen LogP contribution in [0.3, 0.4) is 0 Å². The zero-order valence-electron chi connectivity index (χ0n) is 33.5. The van der Waals surface area contributed by atoms with Crippen molar-refractivity contribution in [2.75, 3.05) is 0 Å². The summed E-state index contributed by atoms with van der Waals surface area (Å²) in [5, 5.41) is 5.02. The van der Waals surface area contributed by atoms with Crippen molar-refractivity contribution < 1.29 is 0 Å². The molecule has 2 aromatic heterocycles. The van der Waals surface area contributed by atoms with E-state index in [0.717, 1.165) is 39.2 Å². The molecule has 0 radical (unpaired) electrons. The van der Waals surface area contributed by atoms with Crippen LogP contribution in [-0.4, -0.2) is 9.97 Å². The first-order valence-electron chi connectivity index (χ1n) is 20.9. The highest BCUT2D eigenvalue weighted by molar-refractivity contribution is 7.26. The Balaban J connectivity index is 1.10. The first-order chi connectivity index (χ1) is 30.1. The molecule has 0 fully saturated rings. The van der Waals surface area contributed by atoms with E-state index in [-0.39, 0.29) is 5.41 Å². The van der Waals surface area contributed by atoms with Crippen LogP contribution in [0.15, 0.2) is 212 Å². The number of hydrogen-bond acceptors (Lipinski definition) is 3. The van der Waals surface area contributed by atoms with Gasteiger partial charge in [-0.15, -0.1) is 11.3 Å². The van der Waals surface area contributed by atoms with Crippen LogP contribution in [0.4, 0.5) is 0 Å². The molecule has 61 heavy (non-hydrogen) atoms. The van der Waals surface area contributed by atoms with E-state index in [9.17, 15) is 0 Å². The fraction of sp³-hybridized carbons (Fsp3) is 0.0345.